The number of nitrogens with zero attached hydrogens (tertiary/aromatic N) is 1. The summed E-state index contributed by atoms with van der Waals surface area (Å²) in [6, 6.07) is 11.7. The standard InChI is InChI=1S/C16H15BrFN3O2/c1-23-13-4-2-3-12(8-13)19-10-16(22)21-20-9-11-5-6-15(18)14(17)7-11/h2-9,19H,10H2,1H3,(H,21,22)/b20-9-. The average molecular weight is 380 g/mol. The number of carbonyl (C=O) groups excluding carboxylic acids is 1. The smallest absolute Gasteiger partial charge is 0.259 e. The molecule has 2 aromatic rings. The molecule has 120 valence electrons. The van der Waals surface area contributed by atoms with E-state index in [0.29, 0.717) is 15.8 Å². The number of nitrogens with one attached hydrogen (secondary N) is 2. The normalized spacial score (nSPS) is 10.6. The second-order valence-corrected chi connectivity index (χ2v) is 5.41. The van der Waals surface area contributed by atoms with Gasteiger partial charge in [0.25, 0.3) is 5.91 Å². The van der Waals surface area contributed by atoms with Crippen molar-refractivity contribution in [2.75, 3.05) is 19.0 Å². The Morgan fingerprint density at radius 1 is 1.35 bits per heavy atom. The Balaban J connectivity index is 1.82. The minimum atomic E-state index is -0.353. The Labute approximate surface area is 141 Å². The third kappa shape index (κ3) is 5.37. The molecule has 0 aliphatic rings. The van der Waals surface area contributed by atoms with Crippen molar-refractivity contribution in [1.29, 1.82) is 0 Å². The predicted octanol–water partition coefficient (Wildman–Crippen LogP) is 3.16. The lowest BCUT2D eigenvalue weighted by atomic mass is 10.2. The molecule has 23 heavy (non-hydrogen) atoms. The summed E-state index contributed by atoms with van der Waals surface area (Å²) >= 11 is 3.09. The van der Waals surface area contributed by atoms with E-state index >= 15 is 0 Å². The number of carbonyl (C=O) groups is 1. The summed E-state index contributed by atoms with van der Waals surface area (Å²) in [6.45, 7) is 0.0671. The number of ether oxygens (including phenoxy) is 1. The topological polar surface area (TPSA) is 62.7 Å². The van der Waals surface area contributed by atoms with Gasteiger partial charge in [-0.2, -0.15) is 5.10 Å². The molecule has 0 aliphatic heterocycles. The van der Waals surface area contributed by atoms with Gasteiger partial charge < -0.3 is 10.1 Å². The fourth-order valence-electron chi connectivity index (χ4n) is 1.73. The van der Waals surface area contributed by atoms with E-state index in [9.17, 15) is 9.18 Å². The molecule has 2 N–H and O–H groups in total. The van der Waals surface area contributed by atoms with Gasteiger partial charge in [0.1, 0.15) is 11.6 Å². The second-order valence-electron chi connectivity index (χ2n) is 4.55. The van der Waals surface area contributed by atoms with Gasteiger partial charge in [0.2, 0.25) is 0 Å². The molecule has 0 saturated carbocycles. The zero-order valence-electron chi connectivity index (χ0n) is 12.3. The Kier molecular flexibility index (Phi) is 6.10. The van der Waals surface area contributed by atoms with Crippen molar-refractivity contribution in [1.82, 2.24) is 5.43 Å². The first-order chi connectivity index (χ1) is 11.1. The molecule has 0 aliphatic carbocycles. The summed E-state index contributed by atoms with van der Waals surface area (Å²) in [7, 11) is 1.58. The van der Waals surface area contributed by atoms with Crippen molar-refractivity contribution in [3.8, 4) is 5.75 Å². The molecule has 0 radical (unpaired) electrons. The van der Waals surface area contributed by atoms with E-state index in [1.165, 1.54) is 12.3 Å². The molecule has 2 rings (SSSR count). The number of hydrazone groups is 1. The highest BCUT2D eigenvalue weighted by Gasteiger charge is 2.01. The van der Waals surface area contributed by atoms with E-state index < -0.39 is 0 Å². The number of halogens is 2. The summed E-state index contributed by atoms with van der Waals surface area (Å²) in [6.07, 6.45) is 1.44. The van der Waals surface area contributed by atoms with Crippen molar-refractivity contribution < 1.29 is 13.9 Å². The zero-order valence-corrected chi connectivity index (χ0v) is 13.9. The van der Waals surface area contributed by atoms with Crippen LogP contribution in [0.3, 0.4) is 0 Å². The molecule has 0 saturated heterocycles. The van der Waals surface area contributed by atoms with Crippen LogP contribution in [-0.4, -0.2) is 25.8 Å². The van der Waals surface area contributed by atoms with Crippen LogP contribution in [0.1, 0.15) is 5.56 Å². The van der Waals surface area contributed by atoms with Crippen LogP contribution in [-0.2, 0) is 4.79 Å². The van der Waals surface area contributed by atoms with Gasteiger partial charge in [-0.25, -0.2) is 9.82 Å². The lowest BCUT2D eigenvalue weighted by Crippen LogP contribution is -2.25. The van der Waals surface area contributed by atoms with Crippen molar-refractivity contribution >= 4 is 33.7 Å². The monoisotopic (exact) mass is 379 g/mol. The maximum atomic E-state index is 13.1. The van der Waals surface area contributed by atoms with Gasteiger partial charge in [-0.1, -0.05) is 12.1 Å². The molecule has 0 unspecified atom stereocenters. The molecule has 0 spiro atoms. The summed E-state index contributed by atoms with van der Waals surface area (Å²) in [5, 5.41) is 6.79. The van der Waals surface area contributed by atoms with E-state index in [1.54, 1.807) is 25.3 Å². The molecule has 1 amide bonds. The van der Waals surface area contributed by atoms with Crippen molar-refractivity contribution in [3.63, 3.8) is 0 Å². The highest BCUT2D eigenvalue weighted by molar-refractivity contribution is 9.10. The second kappa shape index (κ2) is 8.28. The minimum absolute atomic E-state index is 0.0671. The van der Waals surface area contributed by atoms with Gasteiger partial charge in [-0.15, -0.1) is 0 Å². The van der Waals surface area contributed by atoms with Crippen LogP contribution in [0.5, 0.6) is 5.75 Å². The molecular weight excluding hydrogens is 365 g/mol. The third-order valence-corrected chi connectivity index (χ3v) is 3.48. The SMILES string of the molecule is COc1cccc(NCC(=O)N/N=C\c2ccc(F)c(Br)c2)c1. The molecule has 0 fully saturated rings. The van der Waals surface area contributed by atoms with Crippen molar-refractivity contribution in [2.24, 2.45) is 5.10 Å². The van der Waals surface area contributed by atoms with Crippen LogP contribution in [0.25, 0.3) is 0 Å². The first-order valence-electron chi connectivity index (χ1n) is 6.73. The van der Waals surface area contributed by atoms with E-state index in [1.807, 2.05) is 18.2 Å². The highest BCUT2D eigenvalue weighted by Crippen LogP contribution is 2.16. The number of methoxy groups -OCH3 is 1. The van der Waals surface area contributed by atoms with Crippen LogP contribution in [0.4, 0.5) is 10.1 Å². The molecule has 2 aromatic carbocycles. The number of benzene rings is 2. The van der Waals surface area contributed by atoms with Crippen molar-refractivity contribution in [2.45, 2.75) is 0 Å². The molecule has 5 nitrogen and oxygen atoms in total. The summed E-state index contributed by atoms with van der Waals surface area (Å²) in [5.41, 5.74) is 3.83. The zero-order chi connectivity index (χ0) is 16.7. The van der Waals surface area contributed by atoms with Gasteiger partial charge >= 0.3 is 0 Å². The van der Waals surface area contributed by atoms with Crippen LogP contribution in [0, 0.1) is 5.82 Å². The van der Waals surface area contributed by atoms with Gasteiger partial charge in [0.05, 0.1) is 24.3 Å². The van der Waals surface area contributed by atoms with Gasteiger partial charge in [-0.05, 0) is 45.8 Å². The quantitative estimate of drug-likeness (QED) is 0.598. The van der Waals surface area contributed by atoms with Gasteiger partial charge in [0, 0.05) is 11.8 Å². The fraction of sp³-hybridized carbons (Fsp3) is 0.125. The van der Waals surface area contributed by atoms with Gasteiger partial charge in [0.15, 0.2) is 0 Å². The molecule has 0 aromatic heterocycles. The first-order valence-corrected chi connectivity index (χ1v) is 7.52. The number of hydrogen-bond donors (Lipinski definition) is 2. The Bertz CT molecular complexity index is 722. The number of rotatable bonds is 6. The van der Waals surface area contributed by atoms with Crippen LogP contribution < -0.4 is 15.5 Å². The Morgan fingerprint density at radius 3 is 2.91 bits per heavy atom. The summed E-state index contributed by atoms with van der Waals surface area (Å²) < 4.78 is 18.5. The lowest BCUT2D eigenvalue weighted by Gasteiger charge is -2.06. The third-order valence-electron chi connectivity index (χ3n) is 2.87. The maximum absolute atomic E-state index is 13.1. The largest absolute Gasteiger partial charge is 0.497 e. The Morgan fingerprint density at radius 2 is 2.17 bits per heavy atom. The van der Waals surface area contributed by atoms with E-state index in [2.05, 4.69) is 31.8 Å². The van der Waals surface area contributed by atoms with E-state index in [0.717, 1.165) is 5.69 Å². The number of amides is 1. The number of hydrogen-bond acceptors (Lipinski definition) is 4. The van der Waals surface area contributed by atoms with E-state index in [-0.39, 0.29) is 18.3 Å². The van der Waals surface area contributed by atoms with Crippen LogP contribution in [0.2, 0.25) is 0 Å². The minimum Gasteiger partial charge on any atom is -0.497 e. The molecule has 7 heteroatoms. The Hall–Kier alpha value is -2.41. The summed E-state index contributed by atoms with van der Waals surface area (Å²) in [4.78, 5) is 11.7. The van der Waals surface area contributed by atoms with Crippen LogP contribution >= 0.6 is 15.9 Å². The first kappa shape index (κ1) is 17.0. The molecule has 0 atom stereocenters. The number of anilines is 1. The molecular formula is C16H15BrFN3O2. The van der Waals surface area contributed by atoms with Crippen molar-refractivity contribution in [3.05, 3.63) is 58.3 Å². The predicted molar refractivity (Wildman–Crippen MR) is 91.3 cm³/mol. The lowest BCUT2D eigenvalue weighted by molar-refractivity contribution is -0.119. The van der Waals surface area contributed by atoms with Crippen LogP contribution in [0.15, 0.2) is 52.0 Å². The summed E-state index contributed by atoms with van der Waals surface area (Å²) in [5.74, 6) is 0.0502. The highest BCUT2D eigenvalue weighted by atomic mass is 79.9. The fourth-order valence-corrected chi connectivity index (χ4v) is 2.12. The molecule has 0 heterocycles. The van der Waals surface area contributed by atoms with E-state index in [4.69, 9.17) is 4.74 Å². The molecule has 0 bridgehead atoms. The van der Waals surface area contributed by atoms with Gasteiger partial charge in [-0.3, -0.25) is 4.79 Å². The average Bonchev–Trinajstić information content (AvgIpc) is 2.56. The maximum Gasteiger partial charge on any atom is 0.259 e.